The van der Waals surface area contributed by atoms with Crippen molar-refractivity contribution in [3.05, 3.63) is 47.8 Å². The number of nitrogens with one attached hydrogen (secondary N) is 1. The second-order valence-electron chi connectivity index (χ2n) is 10.6. The van der Waals surface area contributed by atoms with Crippen LogP contribution in [-0.4, -0.2) is 88.6 Å². The molecule has 1 aliphatic heterocycles. The first-order valence-electron chi connectivity index (χ1n) is 13.3. The number of likely N-dealkylation sites (N-methyl/N-ethyl adjacent to an activating group) is 1. The largest absolute Gasteiger partial charge is 0.393 e. The van der Waals surface area contributed by atoms with Crippen LogP contribution in [-0.2, 0) is 11.3 Å². The molecule has 36 heavy (non-hydrogen) atoms. The summed E-state index contributed by atoms with van der Waals surface area (Å²) >= 11 is 0. The number of methoxy groups -OCH3 is 1. The maximum Gasteiger partial charge on any atom is 0.241 e. The first-order chi connectivity index (χ1) is 17.5. The van der Waals surface area contributed by atoms with Crippen LogP contribution in [0.25, 0.3) is 16.6 Å². The van der Waals surface area contributed by atoms with E-state index in [9.17, 15) is 5.11 Å². The summed E-state index contributed by atoms with van der Waals surface area (Å²) in [5.74, 6) is 0.985. The van der Waals surface area contributed by atoms with E-state index >= 15 is 0 Å². The molecular formula is C28H40N6O2. The lowest BCUT2D eigenvalue weighted by Gasteiger charge is -2.32. The highest BCUT2D eigenvalue weighted by molar-refractivity contribution is 5.81. The molecule has 1 aromatic carbocycles. The molecule has 8 heteroatoms. The second kappa shape index (κ2) is 11.3. The van der Waals surface area contributed by atoms with Gasteiger partial charge in [-0.15, -0.1) is 5.10 Å². The van der Waals surface area contributed by atoms with Crippen molar-refractivity contribution in [2.45, 2.75) is 57.2 Å². The summed E-state index contributed by atoms with van der Waals surface area (Å²) in [6, 6.07) is 11.4. The minimum Gasteiger partial charge on any atom is -0.393 e. The van der Waals surface area contributed by atoms with Gasteiger partial charge in [0.1, 0.15) is 0 Å². The Morgan fingerprint density at radius 1 is 1.08 bits per heavy atom. The van der Waals surface area contributed by atoms with E-state index in [4.69, 9.17) is 9.84 Å². The Hall–Kier alpha value is -2.52. The van der Waals surface area contributed by atoms with Crippen LogP contribution in [0, 0.1) is 0 Å². The van der Waals surface area contributed by atoms with Gasteiger partial charge in [0, 0.05) is 63.1 Å². The topological polar surface area (TPSA) is 78.2 Å². The van der Waals surface area contributed by atoms with E-state index in [0.717, 1.165) is 63.9 Å². The molecule has 3 heterocycles. The van der Waals surface area contributed by atoms with Gasteiger partial charge in [0.05, 0.1) is 24.4 Å². The van der Waals surface area contributed by atoms with Crippen LogP contribution in [0.5, 0.6) is 0 Å². The number of hydrogen-bond acceptors (Lipinski definition) is 7. The number of hydrogen-bond donors (Lipinski definition) is 2. The normalized spacial score (nSPS) is 22.7. The molecule has 2 aromatic heterocycles. The van der Waals surface area contributed by atoms with Crippen molar-refractivity contribution in [1.29, 1.82) is 0 Å². The standard InChI is InChI=1S/C28H40N6O2/c1-20(19-36-3)30-28-29-17-27-25(16-26(34(27)31-28)23-8-10-24(35)11-9-23)22-6-4-21(5-7-22)18-33-14-12-32(2)13-15-33/h4-7,16-17,20,23-24,35H,8-15,18-19H2,1-3H3,(H,30,31)/t20-,23-,24+/m0/s1. The number of benzene rings is 1. The number of fused-ring (bicyclic) bond motifs is 1. The highest BCUT2D eigenvalue weighted by Gasteiger charge is 2.26. The second-order valence-corrected chi connectivity index (χ2v) is 10.6. The van der Waals surface area contributed by atoms with Crippen molar-refractivity contribution < 1.29 is 9.84 Å². The molecule has 0 radical (unpaired) electrons. The summed E-state index contributed by atoms with van der Waals surface area (Å²) in [5.41, 5.74) is 5.93. The lowest BCUT2D eigenvalue weighted by Crippen LogP contribution is -2.43. The number of aromatic nitrogens is 3. The zero-order chi connectivity index (χ0) is 25.1. The molecule has 3 aromatic rings. The first kappa shape index (κ1) is 25.1. The zero-order valence-electron chi connectivity index (χ0n) is 21.9. The van der Waals surface area contributed by atoms with E-state index in [1.54, 1.807) is 7.11 Å². The molecule has 0 amide bonds. The van der Waals surface area contributed by atoms with Crippen molar-refractivity contribution >= 4 is 11.5 Å². The van der Waals surface area contributed by atoms with Gasteiger partial charge in [0.2, 0.25) is 5.95 Å². The number of rotatable bonds is 8. The number of piperazine rings is 1. The molecule has 194 valence electrons. The molecule has 2 aliphatic rings. The van der Waals surface area contributed by atoms with E-state index in [1.165, 1.54) is 22.4 Å². The first-order valence-corrected chi connectivity index (χ1v) is 13.3. The van der Waals surface area contributed by atoms with Gasteiger partial charge in [-0.1, -0.05) is 24.3 Å². The van der Waals surface area contributed by atoms with Crippen molar-refractivity contribution in [1.82, 2.24) is 24.4 Å². The molecule has 2 fully saturated rings. The van der Waals surface area contributed by atoms with Gasteiger partial charge in [-0.3, -0.25) is 4.90 Å². The fourth-order valence-corrected chi connectivity index (χ4v) is 5.54. The van der Waals surface area contributed by atoms with Gasteiger partial charge in [-0.05, 0) is 56.8 Å². The number of nitrogens with zero attached hydrogens (tertiary/aromatic N) is 5. The maximum atomic E-state index is 10.1. The Labute approximate surface area is 214 Å². The van der Waals surface area contributed by atoms with E-state index < -0.39 is 0 Å². The minimum atomic E-state index is -0.179. The molecule has 5 rings (SSSR count). The van der Waals surface area contributed by atoms with Crippen molar-refractivity contribution in [3.63, 3.8) is 0 Å². The summed E-state index contributed by atoms with van der Waals surface area (Å²) in [4.78, 5) is 9.56. The molecule has 8 nitrogen and oxygen atoms in total. The quantitative estimate of drug-likeness (QED) is 0.497. The van der Waals surface area contributed by atoms with E-state index in [0.29, 0.717) is 18.5 Å². The van der Waals surface area contributed by atoms with Gasteiger partial charge in [0.25, 0.3) is 0 Å². The van der Waals surface area contributed by atoms with Gasteiger partial charge in [-0.2, -0.15) is 0 Å². The third kappa shape index (κ3) is 5.72. The zero-order valence-corrected chi connectivity index (χ0v) is 21.9. The van der Waals surface area contributed by atoms with Gasteiger partial charge >= 0.3 is 0 Å². The van der Waals surface area contributed by atoms with Crippen LogP contribution in [0.2, 0.25) is 0 Å². The Kier molecular flexibility index (Phi) is 7.86. The maximum absolute atomic E-state index is 10.1. The third-order valence-corrected chi connectivity index (χ3v) is 7.72. The van der Waals surface area contributed by atoms with Crippen LogP contribution in [0.1, 0.15) is 49.8 Å². The smallest absolute Gasteiger partial charge is 0.241 e. The lowest BCUT2D eigenvalue weighted by molar-refractivity contribution is 0.121. The third-order valence-electron chi connectivity index (χ3n) is 7.72. The average molecular weight is 493 g/mol. The van der Waals surface area contributed by atoms with Crippen molar-refractivity contribution in [2.75, 3.05) is 52.3 Å². The van der Waals surface area contributed by atoms with Crippen LogP contribution >= 0.6 is 0 Å². The Morgan fingerprint density at radius 2 is 1.81 bits per heavy atom. The van der Waals surface area contributed by atoms with Crippen molar-refractivity contribution in [2.24, 2.45) is 0 Å². The monoisotopic (exact) mass is 492 g/mol. The number of aliphatic hydroxyl groups is 1. The van der Waals surface area contributed by atoms with Gasteiger partial charge in [-0.25, -0.2) is 9.50 Å². The fourth-order valence-electron chi connectivity index (χ4n) is 5.54. The number of ether oxygens (including phenoxy) is 1. The summed E-state index contributed by atoms with van der Waals surface area (Å²) < 4.78 is 7.34. The number of aliphatic hydroxyl groups excluding tert-OH is 1. The summed E-state index contributed by atoms with van der Waals surface area (Å²) in [5, 5.41) is 18.3. The summed E-state index contributed by atoms with van der Waals surface area (Å²) in [6.45, 7) is 8.17. The molecule has 0 unspecified atom stereocenters. The molecule has 1 saturated heterocycles. The predicted molar refractivity (Wildman–Crippen MR) is 143 cm³/mol. The molecule has 0 spiro atoms. The number of anilines is 1. The van der Waals surface area contributed by atoms with Crippen molar-refractivity contribution in [3.8, 4) is 11.1 Å². The van der Waals surface area contributed by atoms with Gasteiger partial charge in [0.15, 0.2) is 0 Å². The summed E-state index contributed by atoms with van der Waals surface area (Å²) in [6.07, 6.45) is 5.39. The van der Waals surface area contributed by atoms with E-state index in [-0.39, 0.29) is 12.1 Å². The Balaban J connectivity index is 1.42. The Morgan fingerprint density at radius 3 is 2.50 bits per heavy atom. The lowest BCUT2D eigenvalue weighted by atomic mass is 9.85. The van der Waals surface area contributed by atoms with Crippen LogP contribution in [0.15, 0.2) is 36.5 Å². The summed E-state index contributed by atoms with van der Waals surface area (Å²) in [7, 11) is 3.90. The molecular weight excluding hydrogens is 452 g/mol. The molecule has 1 saturated carbocycles. The fraction of sp³-hybridized carbons (Fsp3) is 0.571. The molecule has 1 aliphatic carbocycles. The molecule has 1 atom stereocenters. The highest BCUT2D eigenvalue weighted by Crippen LogP contribution is 2.37. The van der Waals surface area contributed by atoms with Crippen LogP contribution in [0.4, 0.5) is 5.95 Å². The van der Waals surface area contributed by atoms with Gasteiger partial charge < -0.3 is 20.1 Å². The van der Waals surface area contributed by atoms with Crippen LogP contribution in [0.3, 0.4) is 0 Å². The Bertz CT molecular complexity index is 1130. The molecule has 2 N–H and O–H groups in total. The van der Waals surface area contributed by atoms with E-state index in [2.05, 4.69) is 68.9 Å². The average Bonchev–Trinajstić information content (AvgIpc) is 3.25. The molecule has 0 bridgehead atoms. The highest BCUT2D eigenvalue weighted by atomic mass is 16.5. The predicted octanol–water partition coefficient (Wildman–Crippen LogP) is 3.61. The van der Waals surface area contributed by atoms with Crippen LogP contribution < -0.4 is 5.32 Å². The van der Waals surface area contributed by atoms with E-state index in [1.807, 2.05) is 6.20 Å². The minimum absolute atomic E-state index is 0.114. The SMILES string of the molecule is COC[C@H](C)Nc1ncc2c(-c3ccc(CN4CCN(C)CC4)cc3)cc([C@H]3CC[C@@H](O)CC3)n2n1.